The molecule has 2 aromatic rings. The van der Waals surface area contributed by atoms with E-state index in [4.69, 9.17) is 22.9 Å². The minimum absolute atomic E-state index is 0. The molecule has 0 bridgehead atoms. The van der Waals surface area contributed by atoms with Gasteiger partial charge in [-0.15, -0.1) is 22.6 Å². The molecule has 16 nitrogen and oxygen atoms in total. The lowest BCUT2D eigenvalue weighted by atomic mass is 9.84. The molecule has 0 aromatic heterocycles. The van der Waals surface area contributed by atoms with Crippen molar-refractivity contribution in [1.29, 1.82) is 0 Å². The van der Waals surface area contributed by atoms with Crippen molar-refractivity contribution in [2.24, 2.45) is 33.0 Å². The van der Waals surface area contributed by atoms with E-state index in [2.05, 4.69) is 15.4 Å². The van der Waals surface area contributed by atoms with Gasteiger partial charge >= 0.3 is 5.97 Å². The number of guanidine groups is 2. The molecule has 1 heterocycles. The van der Waals surface area contributed by atoms with Gasteiger partial charge in [0.15, 0.2) is 17.3 Å². The van der Waals surface area contributed by atoms with Crippen LogP contribution in [0.4, 0.5) is 5.69 Å². The van der Waals surface area contributed by atoms with Gasteiger partial charge in [0.05, 0.1) is 5.69 Å². The Hall–Kier alpha value is -5.22. The number of carboxylic acid groups (broad SMARTS) is 1. The van der Waals surface area contributed by atoms with Crippen molar-refractivity contribution in [2.45, 2.75) is 25.3 Å². The van der Waals surface area contributed by atoms with E-state index in [1.165, 1.54) is 24.3 Å². The van der Waals surface area contributed by atoms with Gasteiger partial charge in [-0.2, -0.15) is 5.01 Å². The second-order valence-electron chi connectivity index (χ2n) is 9.59. The molecule has 0 spiro atoms. The molecule has 0 radical (unpaired) electrons. The molecule has 10 N–H and O–H groups in total. The second-order valence-corrected chi connectivity index (χ2v) is 9.59. The number of amides is 3. The summed E-state index contributed by atoms with van der Waals surface area (Å²) < 4.78 is 0. The monoisotopic (exact) mass is 630 g/mol. The van der Waals surface area contributed by atoms with Gasteiger partial charge in [0, 0.05) is 30.8 Å². The van der Waals surface area contributed by atoms with Gasteiger partial charge in [0.25, 0.3) is 17.7 Å². The normalized spacial score (nSPS) is 16.2. The summed E-state index contributed by atoms with van der Waals surface area (Å²) in [5.74, 6) is -4.60. The third kappa shape index (κ3) is 8.20. The molecule has 1 atom stereocenters. The summed E-state index contributed by atoms with van der Waals surface area (Å²) in [4.78, 5) is 70.0. The number of piperazine rings is 1. The first-order chi connectivity index (χ1) is 20.4. The van der Waals surface area contributed by atoms with Gasteiger partial charge in [0.2, 0.25) is 5.96 Å². The quantitative estimate of drug-likeness (QED) is 0.0563. The van der Waals surface area contributed by atoms with E-state index in [1.54, 1.807) is 30.3 Å². The molecule has 0 aliphatic carbocycles. The average Bonchev–Trinajstić information content (AvgIpc) is 2.95. The number of hydrogen-bond donors (Lipinski definition) is 6. The average molecular weight is 631 g/mol. The van der Waals surface area contributed by atoms with E-state index in [1.807, 2.05) is 0 Å². The topological polar surface area (TPSA) is 256 Å². The molecule has 1 aliphatic heterocycles. The lowest BCUT2D eigenvalue weighted by Crippen LogP contribution is -2.73. The Bertz CT molecular complexity index is 1430. The van der Waals surface area contributed by atoms with Gasteiger partial charge < -0.3 is 38.3 Å². The van der Waals surface area contributed by atoms with E-state index in [0.717, 1.165) is 22.0 Å². The molecular formula is C27H35ClN10O6. The minimum atomic E-state index is -2.07. The van der Waals surface area contributed by atoms with Crippen LogP contribution in [0, 0.1) is 0 Å². The summed E-state index contributed by atoms with van der Waals surface area (Å²) in [6.45, 7) is 0.238. The number of aliphatic imine (C=N–C) groups is 1. The van der Waals surface area contributed by atoms with E-state index in [9.17, 15) is 29.1 Å². The van der Waals surface area contributed by atoms with Crippen molar-refractivity contribution < 1.29 is 29.1 Å². The van der Waals surface area contributed by atoms with Gasteiger partial charge in [0.1, 0.15) is 6.54 Å². The number of ketones is 1. The summed E-state index contributed by atoms with van der Waals surface area (Å²) in [6.07, 6.45) is -0.130. The molecule has 0 unspecified atom stereocenters. The predicted molar refractivity (Wildman–Crippen MR) is 163 cm³/mol. The number of hydrazine groups is 1. The fourth-order valence-electron chi connectivity index (χ4n) is 4.69. The molecule has 1 saturated heterocycles. The number of benzene rings is 2. The zero-order valence-electron chi connectivity index (χ0n) is 23.9. The Morgan fingerprint density at radius 3 is 2.14 bits per heavy atom. The number of nitrogens with two attached hydrogens (primary N) is 4. The third-order valence-electron chi connectivity index (χ3n) is 6.60. The van der Waals surface area contributed by atoms with Crippen molar-refractivity contribution in [3.8, 4) is 0 Å². The lowest BCUT2D eigenvalue weighted by molar-refractivity contribution is -0.179. The van der Waals surface area contributed by atoms with Crippen molar-refractivity contribution in [3.05, 3.63) is 65.7 Å². The standard InChI is InChI=1S/C27H34N10O6.ClH/c1-17(38)27(12-5-13-32-22(41)18-8-10-20(11-9-18)33-25(28)29)24(43)35(16-21(39)40)14-15-36(27)37(34-26(30)31)23(42)19-6-3-2-4-7-19;/h2-4,6-11H,5,12-16H2,1H3,(H,32,41)(H,39,40)(H4,28,29,33)(H4,30,31,34);1H/t27-;/m0./s1. The number of hydrogen-bond acceptors (Lipinski definition) is 8. The van der Waals surface area contributed by atoms with Crippen LogP contribution >= 0.6 is 12.4 Å². The summed E-state index contributed by atoms with van der Waals surface area (Å²) in [5, 5.41) is 18.0. The van der Waals surface area contributed by atoms with E-state index < -0.39 is 47.5 Å². The van der Waals surface area contributed by atoms with Crippen LogP contribution in [0.2, 0.25) is 0 Å². The first kappa shape index (κ1) is 35.0. The SMILES string of the molecule is CC(=O)[C@@]1(CCCNC(=O)c2ccc(N=C(N)N)cc2)C(=O)N(CC(=O)O)CCN1N(N=C(N)N)C(=O)c1ccccc1.Cl. The minimum Gasteiger partial charge on any atom is -0.480 e. The Morgan fingerprint density at radius 1 is 0.955 bits per heavy atom. The fourth-order valence-corrected chi connectivity index (χ4v) is 4.69. The Kier molecular flexibility index (Phi) is 12.2. The second kappa shape index (κ2) is 15.3. The Morgan fingerprint density at radius 2 is 1.59 bits per heavy atom. The number of carboxylic acids is 1. The highest BCUT2D eigenvalue weighted by Gasteiger charge is 2.56. The van der Waals surface area contributed by atoms with Crippen LogP contribution in [0.5, 0.6) is 0 Å². The highest BCUT2D eigenvalue weighted by Crippen LogP contribution is 2.32. The molecule has 3 amide bonds. The molecule has 1 fully saturated rings. The van der Waals surface area contributed by atoms with E-state index >= 15 is 0 Å². The highest BCUT2D eigenvalue weighted by atomic mass is 35.5. The maximum absolute atomic E-state index is 13.9. The molecule has 0 saturated carbocycles. The highest BCUT2D eigenvalue weighted by molar-refractivity contribution is 6.11. The Labute approximate surface area is 259 Å². The number of hydrazone groups is 1. The number of carbonyl (C=O) groups is 5. The zero-order valence-corrected chi connectivity index (χ0v) is 24.7. The van der Waals surface area contributed by atoms with Crippen LogP contribution in [-0.2, 0) is 14.4 Å². The van der Waals surface area contributed by atoms with Crippen LogP contribution < -0.4 is 28.3 Å². The number of Topliss-reactive ketones (excluding diaryl/α,β-unsaturated/α-hetero) is 1. The predicted octanol–water partition coefficient (Wildman–Crippen LogP) is -0.674. The number of rotatable bonds is 12. The van der Waals surface area contributed by atoms with Crippen LogP contribution in [0.3, 0.4) is 0 Å². The van der Waals surface area contributed by atoms with Crippen LogP contribution in [0.25, 0.3) is 0 Å². The van der Waals surface area contributed by atoms with E-state index in [0.29, 0.717) is 11.3 Å². The Balaban J connectivity index is 0.00000675. The lowest BCUT2D eigenvalue weighted by Gasteiger charge is -2.49. The summed E-state index contributed by atoms with van der Waals surface area (Å²) in [6, 6.07) is 14.1. The van der Waals surface area contributed by atoms with Gasteiger partial charge in [-0.05, 0) is 56.2 Å². The number of aliphatic carboxylic acids is 1. The molecule has 236 valence electrons. The summed E-state index contributed by atoms with van der Waals surface area (Å²) >= 11 is 0. The van der Waals surface area contributed by atoms with Crippen molar-refractivity contribution >= 4 is 59.5 Å². The van der Waals surface area contributed by atoms with Gasteiger partial charge in [-0.1, -0.05) is 18.2 Å². The third-order valence-corrected chi connectivity index (χ3v) is 6.60. The smallest absolute Gasteiger partial charge is 0.323 e. The van der Waals surface area contributed by atoms with Crippen LogP contribution in [0.1, 0.15) is 40.5 Å². The van der Waals surface area contributed by atoms with Crippen LogP contribution in [-0.4, -0.2) is 93.2 Å². The molecular weight excluding hydrogens is 596 g/mol. The van der Waals surface area contributed by atoms with E-state index in [-0.39, 0.29) is 56.4 Å². The van der Waals surface area contributed by atoms with Gasteiger partial charge in [-0.3, -0.25) is 24.0 Å². The number of carbonyl (C=O) groups excluding carboxylic acids is 4. The molecule has 2 aromatic carbocycles. The first-order valence-corrected chi connectivity index (χ1v) is 13.1. The number of halogens is 1. The summed E-state index contributed by atoms with van der Waals surface area (Å²) in [5.41, 5.74) is 20.9. The van der Waals surface area contributed by atoms with Gasteiger partial charge in [-0.25, -0.2) is 4.99 Å². The van der Waals surface area contributed by atoms with Crippen molar-refractivity contribution in [1.82, 2.24) is 20.3 Å². The maximum Gasteiger partial charge on any atom is 0.323 e. The fraction of sp³-hybridized carbons (Fsp3) is 0.296. The van der Waals surface area contributed by atoms with Crippen molar-refractivity contribution in [2.75, 3.05) is 26.2 Å². The largest absolute Gasteiger partial charge is 0.480 e. The zero-order chi connectivity index (χ0) is 31.7. The molecule has 44 heavy (non-hydrogen) atoms. The summed E-state index contributed by atoms with van der Waals surface area (Å²) in [7, 11) is 0. The molecule has 3 rings (SSSR count). The first-order valence-electron chi connectivity index (χ1n) is 13.1. The van der Waals surface area contributed by atoms with Crippen molar-refractivity contribution in [3.63, 3.8) is 0 Å². The number of nitrogens with zero attached hydrogens (tertiary/aromatic N) is 5. The molecule has 17 heteroatoms. The number of nitrogens with one attached hydrogen (secondary N) is 1. The maximum atomic E-state index is 13.9. The van der Waals surface area contributed by atoms with Crippen LogP contribution in [0.15, 0.2) is 64.7 Å². The molecule has 1 aliphatic rings.